The number of hydrogen-bond donors (Lipinski definition) is 1. The van der Waals surface area contributed by atoms with Gasteiger partial charge in [0.25, 0.3) is 0 Å². The molecule has 2 aromatic rings. The van der Waals surface area contributed by atoms with E-state index in [4.69, 9.17) is 11.6 Å². The predicted octanol–water partition coefficient (Wildman–Crippen LogP) is 4.33. The van der Waals surface area contributed by atoms with Crippen LogP contribution in [0.4, 0.5) is 5.69 Å². The molecule has 0 amide bonds. The molecule has 1 aromatic heterocycles. The van der Waals surface area contributed by atoms with Gasteiger partial charge in [-0.1, -0.05) is 30.7 Å². The molecule has 0 aliphatic carbocycles. The number of aryl methyl sites for hydroxylation is 1. The fraction of sp³-hybridized carbons (Fsp3) is 0.368. The normalized spacial score (nSPS) is 16.1. The average molecular weight is 408 g/mol. The molecule has 1 aromatic carbocycles. The molecule has 6 nitrogen and oxygen atoms in total. The number of aromatic hydroxyl groups is 1. The van der Waals surface area contributed by atoms with E-state index < -0.39 is 15.5 Å². The van der Waals surface area contributed by atoms with E-state index in [1.165, 1.54) is 17.9 Å². The standard InChI is InChI=1S/C19H22ClN3O3S/c1-12(2)13-7-8-14(18(24)15-11-21-23(3)19(15)25)16(20)17(13)22-27(26)9-5-4-6-10-27/h7-8,11,25H,1,4-6,9-10H2,2-3H3. The highest BCUT2D eigenvalue weighted by Gasteiger charge is 2.24. The SMILES string of the molecule is C=C(C)c1ccc(C(=O)c2cnn(C)c2O)c(Cl)c1N=S1(=O)CCCCC1. The molecule has 0 unspecified atom stereocenters. The van der Waals surface area contributed by atoms with Gasteiger partial charge < -0.3 is 5.11 Å². The summed E-state index contributed by atoms with van der Waals surface area (Å²) in [5.74, 6) is 0.353. The van der Waals surface area contributed by atoms with Crippen molar-refractivity contribution in [2.45, 2.75) is 26.2 Å². The summed E-state index contributed by atoms with van der Waals surface area (Å²) in [7, 11) is -0.877. The Balaban J connectivity index is 2.17. The minimum Gasteiger partial charge on any atom is -0.493 e. The molecule has 0 saturated carbocycles. The Kier molecular flexibility index (Phi) is 5.44. The van der Waals surface area contributed by atoms with Crippen molar-refractivity contribution >= 4 is 38.4 Å². The number of ketones is 1. The van der Waals surface area contributed by atoms with E-state index in [0.29, 0.717) is 22.8 Å². The van der Waals surface area contributed by atoms with E-state index in [1.807, 2.05) is 6.92 Å². The highest BCUT2D eigenvalue weighted by molar-refractivity contribution is 7.93. The first-order chi connectivity index (χ1) is 12.7. The Hall–Kier alpha value is -2.12. The quantitative estimate of drug-likeness (QED) is 0.764. The molecule has 1 N–H and O–H groups in total. The van der Waals surface area contributed by atoms with Crippen LogP contribution in [0.25, 0.3) is 5.57 Å². The predicted molar refractivity (Wildman–Crippen MR) is 108 cm³/mol. The maximum atomic E-state index is 13.1. The minimum atomic E-state index is -2.41. The molecule has 1 aliphatic rings. The maximum absolute atomic E-state index is 13.1. The molecule has 0 atom stereocenters. The lowest BCUT2D eigenvalue weighted by Crippen LogP contribution is -2.16. The lowest BCUT2D eigenvalue weighted by molar-refractivity contribution is 0.103. The van der Waals surface area contributed by atoms with Gasteiger partial charge in [-0.2, -0.15) is 9.46 Å². The highest BCUT2D eigenvalue weighted by atomic mass is 35.5. The van der Waals surface area contributed by atoms with Gasteiger partial charge in [0.1, 0.15) is 5.56 Å². The van der Waals surface area contributed by atoms with Crippen molar-refractivity contribution in [1.29, 1.82) is 0 Å². The van der Waals surface area contributed by atoms with Crippen molar-refractivity contribution in [3.05, 3.63) is 46.6 Å². The van der Waals surface area contributed by atoms with Crippen LogP contribution in [-0.2, 0) is 16.8 Å². The summed E-state index contributed by atoms with van der Waals surface area (Å²) in [6.45, 7) is 5.76. The second kappa shape index (κ2) is 7.48. The first-order valence-electron chi connectivity index (χ1n) is 8.70. The highest BCUT2D eigenvalue weighted by Crippen LogP contribution is 2.39. The monoisotopic (exact) mass is 407 g/mol. The number of aromatic nitrogens is 2. The third kappa shape index (κ3) is 3.80. The molecule has 27 heavy (non-hydrogen) atoms. The summed E-state index contributed by atoms with van der Waals surface area (Å²) >= 11 is 6.55. The van der Waals surface area contributed by atoms with Gasteiger partial charge >= 0.3 is 0 Å². The third-order valence-electron chi connectivity index (χ3n) is 4.66. The smallest absolute Gasteiger partial charge is 0.220 e. The van der Waals surface area contributed by atoms with E-state index in [-0.39, 0.29) is 22.0 Å². The Bertz CT molecular complexity index is 1040. The number of carbonyl (C=O) groups is 1. The molecule has 1 fully saturated rings. The molecular formula is C19H22ClN3O3S. The van der Waals surface area contributed by atoms with Gasteiger partial charge in [0.2, 0.25) is 11.7 Å². The summed E-state index contributed by atoms with van der Waals surface area (Å²) in [5, 5.41) is 14.0. The number of benzene rings is 1. The molecule has 1 aliphatic heterocycles. The Morgan fingerprint density at radius 1 is 1.26 bits per heavy atom. The van der Waals surface area contributed by atoms with Gasteiger partial charge in [-0.3, -0.25) is 4.79 Å². The number of halogens is 1. The van der Waals surface area contributed by atoms with Crippen molar-refractivity contribution in [3.8, 4) is 5.88 Å². The molecule has 3 rings (SSSR count). The second-order valence-corrected chi connectivity index (χ2v) is 9.69. The maximum Gasteiger partial charge on any atom is 0.220 e. The number of hydrogen-bond acceptors (Lipinski definition) is 5. The van der Waals surface area contributed by atoms with Crippen LogP contribution in [0.3, 0.4) is 0 Å². The number of carbonyl (C=O) groups excluding carboxylic acids is 1. The van der Waals surface area contributed by atoms with Crippen LogP contribution >= 0.6 is 11.6 Å². The zero-order valence-corrected chi connectivity index (χ0v) is 16.9. The van der Waals surface area contributed by atoms with Crippen LogP contribution in [0.5, 0.6) is 5.88 Å². The van der Waals surface area contributed by atoms with Crippen LogP contribution in [0.15, 0.2) is 29.3 Å². The average Bonchev–Trinajstić information content (AvgIpc) is 2.95. The minimum absolute atomic E-state index is 0.0512. The van der Waals surface area contributed by atoms with Gasteiger partial charge in [0, 0.05) is 29.7 Å². The van der Waals surface area contributed by atoms with Crippen molar-refractivity contribution in [1.82, 2.24) is 9.78 Å². The Morgan fingerprint density at radius 2 is 1.89 bits per heavy atom. The number of nitrogens with zero attached hydrogens (tertiary/aromatic N) is 3. The first-order valence-corrected chi connectivity index (χ1v) is 10.9. The van der Waals surface area contributed by atoms with E-state index in [2.05, 4.69) is 16.0 Å². The summed E-state index contributed by atoms with van der Waals surface area (Å²) in [5.41, 5.74) is 1.96. The zero-order chi connectivity index (χ0) is 19.8. The number of rotatable bonds is 4. The van der Waals surface area contributed by atoms with Crippen molar-refractivity contribution in [2.24, 2.45) is 11.4 Å². The topological polar surface area (TPSA) is 84.6 Å². The lowest BCUT2D eigenvalue weighted by Gasteiger charge is -2.17. The summed E-state index contributed by atoms with van der Waals surface area (Å²) in [6.07, 6.45) is 4.07. The fourth-order valence-electron chi connectivity index (χ4n) is 3.10. The molecule has 0 bridgehead atoms. The largest absolute Gasteiger partial charge is 0.493 e. The third-order valence-corrected chi connectivity index (χ3v) is 7.41. The van der Waals surface area contributed by atoms with Crippen LogP contribution in [0, 0.1) is 0 Å². The Labute approximate surface area is 164 Å². The van der Waals surface area contributed by atoms with Crippen LogP contribution < -0.4 is 0 Å². The van der Waals surface area contributed by atoms with Crippen LogP contribution in [0.2, 0.25) is 5.02 Å². The molecule has 0 spiro atoms. The number of allylic oxidation sites excluding steroid dienone is 1. The summed E-state index contributed by atoms with van der Waals surface area (Å²) < 4.78 is 18.9. The van der Waals surface area contributed by atoms with Crippen LogP contribution in [-0.4, -0.2) is 36.4 Å². The second-order valence-electron chi connectivity index (χ2n) is 6.77. The van der Waals surface area contributed by atoms with Crippen molar-refractivity contribution in [2.75, 3.05) is 11.5 Å². The molecule has 144 valence electrons. The van der Waals surface area contributed by atoms with E-state index >= 15 is 0 Å². The Morgan fingerprint density at radius 3 is 2.44 bits per heavy atom. The van der Waals surface area contributed by atoms with E-state index in [0.717, 1.165) is 24.8 Å². The van der Waals surface area contributed by atoms with Crippen molar-refractivity contribution < 1.29 is 14.1 Å². The molecule has 2 heterocycles. The fourth-order valence-corrected chi connectivity index (χ4v) is 5.66. The molecule has 8 heteroatoms. The van der Waals surface area contributed by atoms with Crippen LogP contribution in [0.1, 0.15) is 47.7 Å². The molecular weight excluding hydrogens is 386 g/mol. The van der Waals surface area contributed by atoms with Gasteiger partial charge in [-0.05, 0) is 31.4 Å². The van der Waals surface area contributed by atoms with Gasteiger partial charge in [-0.15, -0.1) is 0 Å². The lowest BCUT2D eigenvalue weighted by atomic mass is 9.99. The molecule has 0 radical (unpaired) electrons. The van der Waals surface area contributed by atoms with E-state index in [1.54, 1.807) is 12.1 Å². The van der Waals surface area contributed by atoms with Gasteiger partial charge in [-0.25, -0.2) is 8.89 Å². The molecule has 1 saturated heterocycles. The van der Waals surface area contributed by atoms with Crippen molar-refractivity contribution in [3.63, 3.8) is 0 Å². The zero-order valence-electron chi connectivity index (χ0n) is 15.4. The summed E-state index contributed by atoms with van der Waals surface area (Å²) in [6, 6.07) is 3.28. The van der Waals surface area contributed by atoms with Gasteiger partial charge in [0.15, 0.2) is 0 Å². The van der Waals surface area contributed by atoms with Gasteiger partial charge in [0.05, 0.1) is 26.6 Å². The first kappa shape index (κ1) is 19.6. The van der Waals surface area contributed by atoms with E-state index in [9.17, 15) is 14.1 Å². The summed E-state index contributed by atoms with van der Waals surface area (Å²) in [4.78, 5) is 12.9.